The van der Waals surface area contributed by atoms with E-state index in [1.54, 1.807) is 0 Å². The van der Waals surface area contributed by atoms with Crippen LogP contribution in [0.4, 0.5) is 11.9 Å². The molecule has 82 valence electrons. The van der Waals surface area contributed by atoms with Gasteiger partial charge in [-0.25, -0.2) is 0 Å². The van der Waals surface area contributed by atoms with E-state index in [2.05, 4.69) is 19.9 Å². The van der Waals surface area contributed by atoms with E-state index in [4.69, 9.17) is 11.5 Å². The van der Waals surface area contributed by atoms with Crippen molar-refractivity contribution < 1.29 is 0 Å². The van der Waals surface area contributed by atoms with Gasteiger partial charge >= 0.3 is 0 Å². The van der Waals surface area contributed by atoms with Gasteiger partial charge in [-0.1, -0.05) is 0 Å². The third-order valence-corrected chi connectivity index (χ3v) is 2.14. The molecule has 0 unspecified atom stereocenters. The van der Waals surface area contributed by atoms with E-state index < -0.39 is 0 Å². The molecule has 0 spiro atoms. The van der Waals surface area contributed by atoms with Crippen molar-refractivity contribution in [2.45, 2.75) is 13.8 Å². The van der Waals surface area contributed by atoms with Crippen LogP contribution < -0.4 is 11.5 Å². The number of nitrogens with zero attached hydrogens (tertiary/aromatic N) is 4. The van der Waals surface area contributed by atoms with E-state index in [-0.39, 0.29) is 11.9 Å². The molecule has 2 aromatic heterocycles. The SMILES string of the molecule is Cc1ccc(-c2nc(N)nc(N)n2)c(C)n1. The van der Waals surface area contributed by atoms with E-state index >= 15 is 0 Å². The summed E-state index contributed by atoms with van der Waals surface area (Å²) in [4.78, 5) is 16.1. The zero-order valence-corrected chi connectivity index (χ0v) is 9.10. The van der Waals surface area contributed by atoms with Crippen LogP contribution in [0.2, 0.25) is 0 Å². The van der Waals surface area contributed by atoms with Crippen molar-refractivity contribution >= 4 is 11.9 Å². The molecule has 0 amide bonds. The average Bonchev–Trinajstić information content (AvgIpc) is 2.15. The second-order valence-electron chi connectivity index (χ2n) is 3.46. The average molecular weight is 216 g/mol. The van der Waals surface area contributed by atoms with Crippen molar-refractivity contribution in [2.75, 3.05) is 11.5 Å². The first kappa shape index (κ1) is 10.3. The van der Waals surface area contributed by atoms with E-state index in [0.29, 0.717) is 5.82 Å². The predicted molar refractivity (Wildman–Crippen MR) is 61.4 cm³/mol. The molecule has 0 atom stereocenters. The summed E-state index contributed by atoms with van der Waals surface area (Å²) in [7, 11) is 0. The number of hydrogen-bond acceptors (Lipinski definition) is 6. The minimum Gasteiger partial charge on any atom is -0.368 e. The van der Waals surface area contributed by atoms with Gasteiger partial charge < -0.3 is 11.5 Å². The Bertz CT molecular complexity index is 517. The second-order valence-corrected chi connectivity index (χ2v) is 3.46. The second kappa shape index (κ2) is 3.73. The van der Waals surface area contributed by atoms with Crippen LogP contribution in [0.3, 0.4) is 0 Å². The highest BCUT2D eigenvalue weighted by Crippen LogP contribution is 2.19. The molecule has 4 N–H and O–H groups in total. The fourth-order valence-corrected chi connectivity index (χ4v) is 1.45. The van der Waals surface area contributed by atoms with E-state index in [1.165, 1.54) is 0 Å². The molecule has 0 aliphatic carbocycles. The Morgan fingerprint density at radius 2 is 1.50 bits per heavy atom. The minimum atomic E-state index is 0.113. The van der Waals surface area contributed by atoms with Gasteiger partial charge in [0.25, 0.3) is 0 Å². The van der Waals surface area contributed by atoms with E-state index in [0.717, 1.165) is 17.0 Å². The molecule has 6 nitrogen and oxygen atoms in total. The van der Waals surface area contributed by atoms with Crippen molar-refractivity contribution in [1.29, 1.82) is 0 Å². The predicted octanol–water partition coefficient (Wildman–Crippen LogP) is 0.715. The number of nitrogen functional groups attached to an aromatic ring is 2. The molecule has 6 heteroatoms. The van der Waals surface area contributed by atoms with Crippen LogP contribution in [0.25, 0.3) is 11.4 Å². The van der Waals surface area contributed by atoms with Crippen molar-refractivity contribution in [3.05, 3.63) is 23.5 Å². The molecule has 2 aromatic rings. The molecule has 0 saturated heterocycles. The summed E-state index contributed by atoms with van der Waals surface area (Å²) in [6.07, 6.45) is 0. The first-order chi connectivity index (χ1) is 7.56. The number of nitrogens with two attached hydrogens (primary N) is 2. The van der Waals surface area contributed by atoms with Gasteiger partial charge in [0.2, 0.25) is 11.9 Å². The minimum absolute atomic E-state index is 0.113. The number of hydrogen-bond donors (Lipinski definition) is 2. The first-order valence-corrected chi connectivity index (χ1v) is 4.78. The number of aryl methyl sites for hydroxylation is 2. The highest BCUT2D eigenvalue weighted by atomic mass is 15.1. The summed E-state index contributed by atoms with van der Waals surface area (Å²) in [6.45, 7) is 3.81. The van der Waals surface area contributed by atoms with Crippen LogP contribution in [-0.4, -0.2) is 19.9 Å². The standard InChI is InChI=1S/C10H12N6/c1-5-3-4-7(6(2)13-5)8-14-9(11)16-10(12)15-8/h3-4H,1-2H3,(H4,11,12,14,15,16). The van der Waals surface area contributed by atoms with Crippen LogP contribution >= 0.6 is 0 Å². The first-order valence-electron chi connectivity index (χ1n) is 4.78. The Balaban J connectivity index is 2.58. The quantitative estimate of drug-likeness (QED) is 0.727. The van der Waals surface area contributed by atoms with Crippen molar-refractivity contribution in [1.82, 2.24) is 19.9 Å². The monoisotopic (exact) mass is 216 g/mol. The number of rotatable bonds is 1. The molecule has 16 heavy (non-hydrogen) atoms. The zero-order valence-electron chi connectivity index (χ0n) is 9.10. The summed E-state index contributed by atoms with van der Waals surface area (Å²) < 4.78 is 0. The molecule has 0 saturated carbocycles. The Labute approximate surface area is 92.8 Å². The van der Waals surface area contributed by atoms with Crippen LogP contribution in [-0.2, 0) is 0 Å². The van der Waals surface area contributed by atoms with Gasteiger partial charge in [-0.3, -0.25) is 4.98 Å². The largest absolute Gasteiger partial charge is 0.368 e. The Kier molecular flexibility index (Phi) is 2.40. The van der Waals surface area contributed by atoms with Crippen LogP contribution in [0, 0.1) is 13.8 Å². The van der Waals surface area contributed by atoms with Gasteiger partial charge in [-0.05, 0) is 26.0 Å². The lowest BCUT2D eigenvalue weighted by molar-refractivity contribution is 1.06. The Morgan fingerprint density at radius 1 is 0.875 bits per heavy atom. The third-order valence-electron chi connectivity index (χ3n) is 2.14. The van der Waals surface area contributed by atoms with E-state index in [1.807, 2.05) is 26.0 Å². The highest BCUT2D eigenvalue weighted by Gasteiger charge is 2.08. The molecule has 0 aromatic carbocycles. The number of anilines is 2. The maximum atomic E-state index is 5.51. The van der Waals surface area contributed by atoms with Gasteiger partial charge in [0.1, 0.15) is 0 Å². The maximum Gasteiger partial charge on any atom is 0.225 e. The van der Waals surface area contributed by atoms with E-state index in [9.17, 15) is 0 Å². The van der Waals surface area contributed by atoms with Crippen molar-refractivity contribution in [2.24, 2.45) is 0 Å². The molecule has 0 fully saturated rings. The van der Waals surface area contributed by atoms with Gasteiger partial charge in [-0.15, -0.1) is 0 Å². The molecular weight excluding hydrogens is 204 g/mol. The molecule has 2 rings (SSSR count). The molecule has 0 aliphatic heterocycles. The summed E-state index contributed by atoms with van der Waals surface area (Å²) >= 11 is 0. The van der Waals surface area contributed by atoms with Crippen LogP contribution in [0.1, 0.15) is 11.4 Å². The normalized spacial score (nSPS) is 10.4. The third kappa shape index (κ3) is 1.90. The summed E-state index contributed by atoms with van der Waals surface area (Å²) in [6, 6.07) is 3.78. The number of pyridine rings is 1. The van der Waals surface area contributed by atoms with Crippen molar-refractivity contribution in [3.63, 3.8) is 0 Å². The Hall–Kier alpha value is -2.24. The van der Waals surface area contributed by atoms with Crippen LogP contribution in [0.5, 0.6) is 0 Å². The Morgan fingerprint density at radius 3 is 2.06 bits per heavy atom. The lowest BCUT2D eigenvalue weighted by Gasteiger charge is -2.05. The molecular formula is C10H12N6. The van der Waals surface area contributed by atoms with Crippen molar-refractivity contribution in [3.8, 4) is 11.4 Å². The molecule has 0 bridgehead atoms. The molecule has 2 heterocycles. The summed E-state index contributed by atoms with van der Waals surface area (Å²) in [5.41, 5.74) is 13.6. The summed E-state index contributed by atoms with van der Waals surface area (Å²) in [5.74, 6) is 0.681. The van der Waals surface area contributed by atoms with Gasteiger partial charge in [0.05, 0.1) is 0 Å². The lowest BCUT2D eigenvalue weighted by atomic mass is 10.2. The fourth-order valence-electron chi connectivity index (χ4n) is 1.45. The smallest absolute Gasteiger partial charge is 0.225 e. The van der Waals surface area contributed by atoms with Gasteiger partial charge in [0, 0.05) is 17.0 Å². The topological polar surface area (TPSA) is 104 Å². The van der Waals surface area contributed by atoms with Gasteiger partial charge in [-0.2, -0.15) is 15.0 Å². The van der Waals surface area contributed by atoms with Gasteiger partial charge in [0.15, 0.2) is 5.82 Å². The molecule has 0 aliphatic rings. The highest BCUT2D eigenvalue weighted by molar-refractivity contribution is 5.59. The summed E-state index contributed by atoms with van der Waals surface area (Å²) in [5, 5.41) is 0. The molecule has 0 radical (unpaired) electrons. The zero-order chi connectivity index (χ0) is 11.7. The maximum absolute atomic E-state index is 5.51. The number of aromatic nitrogens is 4. The lowest BCUT2D eigenvalue weighted by Crippen LogP contribution is -2.05. The fraction of sp³-hybridized carbons (Fsp3) is 0.200. The van der Waals surface area contributed by atoms with Crippen LogP contribution in [0.15, 0.2) is 12.1 Å².